The van der Waals surface area contributed by atoms with Crippen LogP contribution in [0.4, 0.5) is 0 Å². The number of ether oxygens (including phenoxy) is 2. The lowest BCUT2D eigenvalue weighted by Crippen LogP contribution is -2.42. The number of para-hydroxylation sites is 1. The van der Waals surface area contributed by atoms with E-state index in [4.69, 9.17) is 9.47 Å². The van der Waals surface area contributed by atoms with Crippen LogP contribution in [0.2, 0.25) is 0 Å². The summed E-state index contributed by atoms with van der Waals surface area (Å²) in [5.74, 6) is 2.37. The first-order valence-corrected chi connectivity index (χ1v) is 8.54. The molecule has 2 aromatic rings. The second kappa shape index (κ2) is 8.37. The van der Waals surface area contributed by atoms with E-state index in [-0.39, 0.29) is 6.10 Å². The van der Waals surface area contributed by atoms with Gasteiger partial charge in [-0.25, -0.2) is 9.98 Å². The largest absolute Gasteiger partial charge is 0.488 e. The van der Waals surface area contributed by atoms with E-state index in [1.807, 2.05) is 37.3 Å². The molecule has 3 rings (SSSR count). The minimum Gasteiger partial charge on any atom is -0.488 e. The average molecular weight is 340 g/mol. The van der Waals surface area contributed by atoms with E-state index in [1.165, 1.54) is 5.56 Å². The van der Waals surface area contributed by atoms with E-state index in [9.17, 15) is 0 Å². The molecule has 2 N–H and O–H groups in total. The van der Waals surface area contributed by atoms with Crippen LogP contribution in [0.1, 0.15) is 18.1 Å². The molecule has 0 radical (unpaired) electrons. The molecule has 1 atom stereocenters. The lowest BCUT2D eigenvalue weighted by Gasteiger charge is -2.15. The van der Waals surface area contributed by atoms with Crippen LogP contribution < -0.4 is 20.1 Å². The van der Waals surface area contributed by atoms with Gasteiger partial charge < -0.3 is 20.1 Å². The Bertz CT molecular complexity index is 691. The summed E-state index contributed by atoms with van der Waals surface area (Å²) in [7, 11) is 1.61. The first-order chi connectivity index (χ1) is 12.3. The maximum Gasteiger partial charge on any atom is 0.212 e. The van der Waals surface area contributed by atoms with Crippen LogP contribution in [-0.4, -0.2) is 37.2 Å². The van der Waals surface area contributed by atoms with Gasteiger partial charge >= 0.3 is 0 Å². The molecule has 0 aliphatic carbocycles. The van der Waals surface area contributed by atoms with Crippen molar-refractivity contribution in [3.8, 4) is 11.6 Å². The fraction of sp³-hybridized carbons (Fsp3) is 0.368. The highest BCUT2D eigenvalue weighted by molar-refractivity contribution is 5.79. The predicted molar refractivity (Wildman–Crippen MR) is 98.2 cm³/mol. The molecule has 0 fully saturated rings. The third kappa shape index (κ3) is 4.62. The van der Waals surface area contributed by atoms with Crippen molar-refractivity contribution in [1.82, 2.24) is 15.6 Å². The van der Waals surface area contributed by atoms with Gasteiger partial charge in [0.2, 0.25) is 5.88 Å². The summed E-state index contributed by atoms with van der Waals surface area (Å²) in [6.07, 6.45) is 2.83. The van der Waals surface area contributed by atoms with Gasteiger partial charge in [0.05, 0.1) is 20.2 Å². The molecule has 0 bridgehead atoms. The molecule has 0 saturated carbocycles. The van der Waals surface area contributed by atoms with E-state index in [0.717, 1.165) is 30.2 Å². The molecule has 6 nitrogen and oxygen atoms in total. The third-order valence-electron chi connectivity index (χ3n) is 3.98. The van der Waals surface area contributed by atoms with Gasteiger partial charge in [-0.2, -0.15) is 0 Å². The summed E-state index contributed by atoms with van der Waals surface area (Å²) in [5, 5.41) is 6.62. The Morgan fingerprint density at radius 3 is 2.88 bits per heavy atom. The molecule has 0 amide bonds. The van der Waals surface area contributed by atoms with Gasteiger partial charge in [0.25, 0.3) is 0 Å². The molecule has 2 heterocycles. The summed E-state index contributed by atoms with van der Waals surface area (Å²) in [5.41, 5.74) is 2.29. The summed E-state index contributed by atoms with van der Waals surface area (Å²) in [6, 6.07) is 12.0. The Balaban J connectivity index is 1.54. The molecule has 1 aromatic heterocycles. The maximum absolute atomic E-state index is 5.95. The number of nitrogens with zero attached hydrogens (tertiary/aromatic N) is 2. The number of hydrogen-bond donors (Lipinski definition) is 2. The Morgan fingerprint density at radius 1 is 1.28 bits per heavy atom. The van der Waals surface area contributed by atoms with Gasteiger partial charge in [0.15, 0.2) is 5.96 Å². The van der Waals surface area contributed by atoms with Crippen molar-refractivity contribution in [3.63, 3.8) is 0 Å². The number of nitrogens with one attached hydrogen (secondary N) is 2. The number of fused-ring (bicyclic) bond motifs is 1. The van der Waals surface area contributed by atoms with Crippen LogP contribution in [0.3, 0.4) is 0 Å². The monoisotopic (exact) mass is 340 g/mol. The van der Waals surface area contributed by atoms with E-state index in [0.29, 0.717) is 19.0 Å². The number of methoxy groups -OCH3 is 1. The smallest absolute Gasteiger partial charge is 0.212 e. The number of pyridine rings is 1. The number of aromatic nitrogens is 1. The topological polar surface area (TPSA) is 67.8 Å². The normalized spacial score (nSPS) is 16.1. The van der Waals surface area contributed by atoms with Crippen LogP contribution in [-0.2, 0) is 13.0 Å². The van der Waals surface area contributed by atoms with Crippen molar-refractivity contribution in [3.05, 3.63) is 53.7 Å². The van der Waals surface area contributed by atoms with Gasteiger partial charge in [-0.1, -0.05) is 24.3 Å². The lowest BCUT2D eigenvalue weighted by molar-refractivity contribution is 0.235. The zero-order valence-electron chi connectivity index (χ0n) is 14.7. The van der Waals surface area contributed by atoms with Crippen molar-refractivity contribution in [2.45, 2.75) is 26.0 Å². The summed E-state index contributed by atoms with van der Waals surface area (Å²) in [4.78, 5) is 8.81. The average Bonchev–Trinajstić information content (AvgIpc) is 3.07. The van der Waals surface area contributed by atoms with Gasteiger partial charge in [0.1, 0.15) is 11.9 Å². The zero-order valence-corrected chi connectivity index (χ0v) is 14.7. The van der Waals surface area contributed by atoms with Crippen molar-refractivity contribution in [2.75, 3.05) is 20.2 Å². The Morgan fingerprint density at radius 2 is 2.16 bits per heavy atom. The van der Waals surface area contributed by atoms with Crippen LogP contribution in [0, 0.1) is 0 Å². The molecular formula is C19H24N4O2. The third-order valence-corrected chi connectivity index (χ3v) is 3.98. The number of benzene rings is 1. The predicted octanol–water partition coefficient (Wildman–Crippen LogP) is 2.15. The minimum atomic E-state index is 0.129. The second-order valence-electron chi connectivity index (χ2n) is 5.84. The molecular weight excluding hydrogens is 316 g/mol. The molecule has 1 aromatic carbocycles. The highest BCUT2D eigenvalue weighted by Crippen LogP contribution is 2.27. The highest BCUT2D eigenvalue weighted by Gasteiger charge is 2.22. The van der Waals surface area contributed by atoms with Gasteiger partial charge in [-0.05, 0) is 24.1 Å². The number of hydrogen-bond acceptors (Lipinski definition) is 4. The maximum atomic E-state index is 5.95. The highest BCUT2D eigenvalue weighted by atomic mass is 16.5. The summed E-state index contributed by atoms with van der Waals surface area (Å²) < 4.78 is 11.0. The quantitative estimate of drug-likeness (QED) is 0.623. The van der Waals surface area contributed by atoms with Gasteiger partial charge in [0, 0.05) is 25.2 Å². The van der Waals surface area contributed by atoms with Crippen molar-refractivity contribution in [1.29, 1.82) is 0 Å². The minimum absolute atomic E-state index is 0.129. The number of rotatable bonds is 6. The summed E-state index contributed by atoms with van der Waals surface area (Å²) >= 11 is 0. The van der Waals surface area contributed by atoms with Gasteiger partial charge in [-0.3, -0.25) is 0 Å². The molecule has 25 heavy (non-hydrogen) atoms. The first-order valence-electron chi connectivity index (χ1n) is 8.54. The van der Waals surface area contributed by atoms with Crippen LogP contribution >= 0.6 is 0 Å². The van der Waals surface area contributed by atoms with E-state index in [2.05, 4.69) is 26.7 Å². The first kappa shape index (κ1) is 17.1. The molecule has 1 aliphatic heterocycles. The van der Waals surface area contributed by atoms with Crippen molar-refractivity contribution >= 4 is 5.96 Å². The van der Waals surface area contributed by atoms with Crippen molar-refractivity contribution in [2.24, 2.45) is 4.99 Å². The van der Waals surface area contributed by atoms with Crippen LogP contribution in [0.15, 0.2) is 47.6 Å². The molecule has 0 spiro atoms. The fourth-order valence-electron chi connectivity index (χ4n) is 2.72. The van der Waals surface area contributed by atoms with Crippen molar-refractivity contribution < 1.29 is 9.47 Å². The van der Waals surface area contributed by atoms with E-state index >= 15 is 0 Å². The molecule has 1 unspecified atom stereocenters. The Hall–Kier alpha value is -2.76. The zero-order chi connectivity index (χ0) is 17.5. The molecule has 6 heteroatoms. The molecule has 0 saturated heterocycles. The van der Waals surface area contributed by atoms with Gasteiger partial charge in [-0.15, -0.1) is 0 Å². The van der Waals surface area contributed by atoms with E-state index < -0.39 is 0 Å². The second-order valence-corrected chi connectivity index (χ2v) is 5.84. The fourth-order valence-corrected chi connectivity index (χ4v) is 2.72. The SMILES string of the molecule is CCNC(=NCc1ccc(OC)nc1)NCC1Cc2ccccc2O1. The number of aliphatic imine (C=N–C) groups is 1. The van der Waals surface area contributed by atoms with E-state index in [1.54, 1.807) is 13.3 Å². The van der Waals surface area contributed by atoms with Crippen LogP contribution in [0.5, 0.6) is 11.6 Å². The van der Waals surface area contributed by atoms with Crippen LogP contribution in [0.25, 0.3) is 0 Å². The number of guanidine groups is 1. The summed E-state index contributed by atoms with van der Waals surface area (Å²) in [6.45, 7) is 4.12. The Kier molecular flexibility index (Phi) is 5.72. The Labute approximate surface area is 148 Å². The standard InChI is InChI=1S/C19H24N4O2/c1-3-20-19(22-12-14-8-9-18(24-2)21-11-14)23-13-16-10-15-6-4-5-7-17(15)25-16/h4-9,11,16H,3,10,12-13H2,1-2H3,(H2,20,22,23). The molecule has 132 valence electrons. The lowest BCUT2D eigenvalue weighted by atomic mass is 10.1. The molecule has 1 aliphatic rings.